The van der Waals surface area contributed by atoms with E-state index >= 15 is 0 Å². The third-order valence-corrected chi connectivity index (χ3v) is 4.34. The van der Waals surface area contributed by atoms with Crippen LogP contribution in [0.25, 0.3) is 16.2 Å². The van der Waals surface area contributed by atoms with E-state index in [1.165, 1.54) is 4.88 Å². The number of thiazole rings is 1. The molecule has 0 unspecified atom stereocenters. The Morgan fingerprint density at radius 1 is 1.21 bits per heavy atom. The number of hydrogen-bond donors (Lipinski definition) is 2. The Morgan fingerprint density at radius 2 is 1.88 bits per heavy atom. The molecule has 128 valence electrons. The lowest BCUT2D eigenvalue weighted by molar-refractivity contribution is 1.09. The maximum Gasteiger partial charge on any atom is 0.211 e. The van der Waals surface area contributed by atoms with Gasteiger partial charge in [-0.1, -0.05) is 0 Å². The Balaban J connectivity index is 0.00000144. The standard InChI is InChI=1S/C14H15N7S.2ClH/c1-8-9(2)22-14-19-12(10-3-5-17-6-4-10)11(21(8)14)7-18-20-13(15)16;;/h3-7H,1-2H3,(H4,15,16,20);2*1H/b18-7+;;. The van der Waals surface area contributed by atoms with Crippen LogP contribution < -0.4 is 11.5 Å². The monoisotopic (exact) mass is 385 g/mol. The number of nitrogens with zero attached hydrogens (tertiary/aromatic N) is 5. The summed E-state index contributed by atoms with van der Waals surface area (Å²) in [6.07, 6.45) is 5.09. The van der Waals surface area contributed by atoms with Crippen molar-refractivity contribution < 1.29 is 0 Å². The van der Waals surface area contributed by atoms with Crippen LogP contribution in [0.2, 0.25) is 0 Å². The van der Waals surface area contributed by atoms with Crippen LogP contribution in [0.4, 0.5) is 0 Å². The minimum Gasteiger partial charge on any atom is -0.369 e. The second-order valence-corrected chi connectivity index (χ2v) is 5.89. The molecule has 0 aromatic carbocycles. The molecule has 0 bridgehead atoms. The summed E-state index contributed by atoms with van der Waals surface area (Å²) in [5, 5.41) is 7.61. The van der Waals surface area contributed by atoms with E-state index in [0.717, 1.165) is 27.6 Å². The Labute approximate surface area is 155 Å². The van der Waals surface area contributed by atoms with Crippen molar-refractivity contribution in [1.82, 2.24) is 14.4 Å². The minimum absolute atomic E-state index is 0. The van der Waals surface area contributed by atoms with Gasteiger partial charge in [0.1, 0.15) is 0 Å². The zero-order valence-corrected chi connectivity index (χ0v) is 15.5. The van der Waals surface area contributed by atoms with Gasteiger partial charge >= 0.3 is 0 Å². The van der Waals surface area contributed by atoms with Gasteiger partial charge < -0.3 is 11.5 Å². The highest BCUT2D eigenvalue weighted by molar-refractivity contribution is 7.17. The van der Waals surface area contributed by atoms with Crippen molar-refractivity contribution in [3.8, 4) is 11.3 Å². The fourth-order valence-corrected chi connectivity index (χ4v) is 3.14. The van der Waals surface area contributed by atoms with Crippen LogP contribution in [0.3, 0.4) is 0 Å². The predicted molar refractivity (Wildman–Crippen MR) is 104 cm³/mol. The lowest BCUT2D eigenvalue weighted by Gasteiger charge is -2.00. The summed E-state index contributed by atoms with van der Waals surface area (Å²) in [5.74, 6) is -0.0827. The Kier molecular flexibility index (Phi) is 6.70. The van der Waals surface area contributed by atoms with Crippen molar-refractivity contribution in [2.24, 2.45) is 21.7 Å². The molecular formula is C14H17Cl2N7S. The molecule has 3 aromatic heterocycles. The number of rotatable bonds is 3. The first-order chi connectivity index (χ1) is 10.6. The molecule has 0 spiro atoms. The highest BCUT2D eigenvalue weighted by atomic mass is 35.5. The van der Waals surface area contributed by atoms with Gasteiger partial charge in [0.05, 0.1) is 17.6 Å². The Bertz CT molecular complexity index is 880. The molecule has 3 rings (SSSR count). The molecule has 0 aliphatic heterocycles. The Hall–Kier alpha value is -2.16. The average Bonchev–Trinajstić information content (AvgIpc) is 2.98. The first-order valence-electron chi connectivity index (χ1n) is 6.58. The number of nitrogens with two attached hydrogens (primary N) is 2. The number of imidazole rings is 1. The van der Waals surface area contributed by atoms with Gasteiger partial charge in [-0.05, 0) is 26.0 Å². The number of aryl methyl sites for hydroxylation is 2. The van der Waals surface area contributed by atoms with Crippen LogP contribution in [-0.2, 0) is 0 Å². The normalized spacial score (nSPS) is 10.4. The first kappa shape index (κ1) is 19.9. The van der Waals surface area contributed by atoms with Crippen molar-refractivity contribution in [3.05, 3.63) is 40.8 Å². The molecule has 0 atom stereocenters. The largest absolute Gasteiger partial charge is 0.369 e. The van der Waals surface area contributed by atoms with Gasteiger partial charge in [0.25, 0.3) is 0 Å². The molecule has 3 heterocycles. The van der Waals surface area contributed by atoms with Gasteiger partial charge in [0.2, 0.25) is 5.96 Å². The van der Waals surface area contributed by atoms with Crippen molar-refractivity contribution in [3.63, 3.8) is 0 Å². The van der Waals surface area contributed by atoms with Crippen molar-refractivity contribution in [2.45, 2.75) is 13.8 Å². The molecule has 0 aliphatic carbocycles. The molecule has 3 aromatic rings. The zero-order valence-electron chi connectivity index (χ0n) is 13.0. The van der Waals surface area contributed by atoms with Crippen molar-refractivity contribution in [2.75, 3.05) is 0 Å². The van der Waals surface area contributed by atoms with Gasteiger partial charge in [-0.25, -0.2) is 4.98 Å². The number of fused-ring (bicyclic) bond motifs is 1. The zero-order chi connectivity index (χ0) is 15.7. The van der Waals surface area contributed by atoms with Gasteiger partial charge in [-0.2, -0.15) is 5.10 Å². The van der Waals surface area contributed by atoms with E-state index in [2.05, 4.69) is 33.4 Å². The van der Waals surface area contributed by atoms with E-state index in [4.69, 9.17) is 16.5 Å². The number of hydrogen-bond acceptors (Lipinski definition) is 5. The van der Waals surface area contributed by atoms with Crippen LogP contribution in [0.15, 0.2) is 34.7 Å². The SMILES string of the molecule is Cc1sc2nc(-c3ccncc3)c(/C=N/N=C(N)N)n2c1C.Cl.Cl. The summed E-state index contributed by atoms with van der Waals surface area (Å²) < 4.78 is 2.06. The average molecular weight is 386 g/mol. The van der Waals surface area contributed by atoms with Crippen LogP contribution in [0, 0.1) is 13.8 Å². The Morgan fingerprint density at radius 3 is 2.50 bits per heavy atom. The van der Waals surface area contributed by atoms with E-state index in [9.17, 15) is 0 Å². The van der Waals surface area contributed by atoms with Gasteiger partial charge in [-0.15, -0.1) is 41.3 Å². The summed E-state index contributed by atoms with van der Waals surface area (Å²) in [6.45, 7) is 4.12. The second kappa shape index (κ2) is 8.09. The quantitative estimate of drug-likeness (QED) is 0.410. The molecule has 0 saturated heterocycles. The maximum atomic E-state index is 5.31. The van der Waals surface area contributed by atoms with E-state index in [1.807, 2.05) is 12.1 Å². The van der Waals surface area contributed by atoms with E-state index in [-0.39, 0.29) is 30.8 Å². The third-order valence-electron chi connectivity index (χ3n) is 3.28. The fraction of sp³-hybridized carbons (Fsp3) is 0.143. The summed E-state index contributed by atoms with van der Waals surface area (Å²) in [7, 11) is 0. The molecule has 24 heavy (non-hydrogen) atoms. The highest BCUT2D eigenvalue weighted by Crippen LogP contribution is 2.29. The van der Waals surface area contributed by atoms with Crippen LogP contribution in [0.5, 0.6) is 0 Å². The minimum atomic E-state index is -0.0827. The van der Waals surface area contributed by atoms with Crippen LogP contribution in [0.1, 0.15) is 16.3 Å². The first-order valence-corrected chi connectivity index (χ1v) is 7.40. The van der Waals surface area contributed by atoms with Gasteiger partial charge in [0, 0.05) is 28.5 Å². The lowest BCUT2D eigenvalue weighted by atomic mass is 10.1. The molecule has 7 nitrogen and oxygen atoms in total. The van der Waals surface area contributed by atoms with E-state index < -0.39 is 0 Å². The molecule has 0 saturated carbocycles. The van der Waals surface area contributed by atoms with E-state index in [1.54, 1.807) is 29.9 Å². The third kappa shape index (κ3) is 3.66. The van der Waals surface area contributed by atoms with Gasteiger partial charge in [0.15, 0.2) is 4.96 Å². The molecule has 0 radical (unpaired) electrons. The summed E-state index contributed by atoms with van der Waals surface area (Å²) in [6, 6.07) is 3.82. The molecule has 4 N–H and O–H groups in total. The smallest absolute Gasteiger partial charge is 0.211 e. The predicted octanol–water partition coefficient (Wildman–Crippen LogP) is 2.53. The molecule has 10 heteroatoms. The summed E-state index contributed by atoms with van der Waals surface area (Å²) >= 11 is 1.64. The van der Waals surface area contributed by atoms with Crippen LogP contribution in [-0.4, -0.2) is 26.5 Å². The fourth-order valence-electron chi connectivity index (χ4n) is 2.16. The summed E-state index contributed by atoms with van der Waals surface area (Å²) in [4.78, 5) is 10.9. The van der Waals surface area contributed by atoms with Crippen molar-refractivity contribution >= 4 is 53.3 Å². The van der Waals surface area contributed by atoms with E-state index in [0.29, 0.717) is 0 Å². The number of guanidine groups is 1. The molecular weight excluding hydrogens is 369 g/mol. The van der Waals surface area contributed by atoms with Crippen molar-refractivity contribution in [1.29, 1.82) is 0 Å². The maximum absolute atomic E-state index is 5.31. The number of pyridine rings is 1. The second-order valence-electron chi connectivity index (χ2n) is 4.71. The number of halogens is 2. The number of aromatic nitrogens is 3. The molecule has 0 fully saturated rings. The molecule has 0 aliphatic rings. The summed E-state index contributed by atoms with van der Waals surface area (Å²) in [5.41, 5.74) is 14.4. The molecule has 0 amide bonds. The topological polar surface area (TPSA) is 107 Å². The van der Waals surface area contributed by atoms with Gasteiger partial charge in [-0.3, -0.25) is 9.38 Å². The lowest BCUT2D eigenvalue weighted by Crippen LogP contribution is -2.21. The van der Waals surface area contributed by atoms with Crippen LogP contribution >= 0.6 is 36.2 Å². The highest BCUT2D eigenvalue weighted by Gasteiger charge is 2.17.